The number of ketones is 1. The number of fused-ring (bicyclic) bond motifs is 1. The quantitative estimate of drug-likeness (QED) is 0.697. The van der Waals surface area contributed by atoms with Crippen molar-refractivity contribution < 1.29 is 9.59 Å². The highest BCUT2D eigenvalue weighted by Gasteiger charge is 2.21. The second-order valence-electron chi connectivity index (χ2n) is 6.97. The number of anilines is 2. The van der Waals surface area contributed by atoms with Crippen LogP contribution in [0.25, 0.3) is 0 Å². The maximum Gasteiger partial charge on any atom is 0.255 e. The van der Waals surface area contributed by atoms with Gasteiger partial charge in [-0.05, 0) is 54.8 Å². The first-order valence-electron chi connectivity index (χ1n) is 9.29. The number of carbonyl (C=O) groups is 2. The lowest BCUT2D eigenvalue weighted by atomic mass is 9.99. The summed E-state index contributed by atoms with van der Waals surface area (Å²) in [6.45, 7) is 2.87. The average Bonchev–Trinajstić information content (AvgIpc) is 2.73. The third-order valence-corrected chi connectivity index (χ3v) is 4.98. The molecule has 140 valence electrons. The van der Waals surface area contributed by atoms with Crippen LogP contribution in [-0.4, -0.2) is 28.1 Å². The maximum absolute atomic E-state index is 13.0. The molecule has 2 heterocycles. The number of hydrogen-bond acceptors (Lipinski definition) is 4. The van der Waals surface area contributed by atoms with Gasteiger partial charge in [-0.2, -0.15) is 0 Å². The number of pyridine rings is 1. The number of rotatable bonds is 4. The second-order valence-corrected chi connectivity index (χ2v) is 6.97. The van der Waals surface area contributed by atoms with Crippen molar-refractivity contribution in [2.45, 2.75) is 19.9 Å². The molecule has 1 aliphatic rings. The van der Waals surface area contributed by atoms with Crippen molar-refractivity contribution in [3.8, 4) is 0 Å². The van der Waals surface area contributed by atoms with Crippen LogP contribution in [0.1, 0.15) is 38.8 Å². The van der Waals surface area contributed by atoms with E-state index in [1.165, 1.54) is 11.1 Å². The summed E-state index contributed by atoms with van der Waals surface area (Å²) in [7, 11) is 0. The molecule has 1 N–H and O–H groups in total. The Morgan fingerprint density at radius 1 is 0.929 bits per heavy atom. The third-order valence-electron chi connectivity index (χ3n) is 4.98. The standard InChI is InChI=1S/C23H21N3O2/c1-16(27)17-6-8-21(9-7-17)25-22-12-20(13-24-14-22)23(28)26-11-10-18-4-2-3-5-19(18)15-26/h2-9,12-14,25H,10-11,15H2,1H3. The Bertz CT molecular complexity index is 1030. The van der Waals surface area contributed by atoms with Gasteiger partial charge >= 0.3 is 0 Å². The van der Waals surface area contributed by atoms with Crippen molar-refractivity contribution in [3.05, 3.63) is 89.2 Å². The Balaban J connectivity index is 1.49. The molecule has 0 saturated carbocycles. The first kappa shape index (κ1) is 17.9. The fourth-order valence-electron chi connectivity index (χ4n) is 3.43. The van der Waals surface area contributed by atoms with Crippen molar-refractivity contribution >= 4 is 23.1 Å². The summed E-state index contributed by atoms with van der Waals surface area (Å²) in [6, 6.07) is 17.3. The Morgan fingerprint density at radius 3 is 2.43 bits per heavy atom. The summed E-state index contributed by atoms with van der Waals surface area (Å²) in [5.74, 6) is 0.0153. The molecule has 0 fully saturated rings. The molecule has 3 aromatic rings. The molecular weight excluding hydrogens is 350 g/mol. The number of benzene rings is 2. The van der Waals surface area contributed by atoms with Gasteiger partial charge in [0.05, 0.1) is 17.4 Å². The van der Waals surface area contributed by atoms with Crippen molar-refractivity contribution in [2.24, 2.45) is 0 Å². The van der Waals surface area contributed by atoms with Gasteiger partial charge < -0.3 is 10.2 Å². The van der Waals surface area contributed by atoms with Crippen molar-refractivity contribution in [1.29, 1.82) is 0 Å². The van der Waals surface area contributed by atoms with Crippen LogP contribution in [0.15, 0.2) is 67.0 Å². The lowest BCUT2D eigenvalue weighted by Gasteiger charge is -2.29. The molecule has 1 aromatic heterocycles. The van der Waals surface area contributed by atoms with Crippen LogP contribution >= 0.6 is 0 Å². The number of amides is 1. The molecule has 5 heteroatoms. The molecule has 1 amide bonds. The summed E-state index contributed by atoms with van der Waals surface area (Å²) in [6.07, 6.45) is 4.16. The summed E-state index contributed by atoms with van der Waals surface area (Å²) >= 11 is 0. The van der Waals surface area contributed by atoms with E-state index in [1.807, 2.05) is 35.2 Å². The average molecular weight is 371 g/mol. The van der Waals surface area contributed by atoms with Gasteiger partial charge in [-0.25, -0.2) is 0 Å². The molecule has 2 aromatic carbocycles. The number of hydrogen-bond donors (Lipinski definition) is 1. The van der Waals surface area contributed by atoms with E-state index in [2.05, 4.69) is 22.4 Å². The minimum atomic E-state index is -0.0161. The number of nitrogens with zero attached hydrogens (tertiary/aromatic N) is 2. The fraction of sp³-hybridized carbons (Fsp3) is 0.174. The van der Waals surface area contributed by atoms with Gasteiger partial charge in [0.25, 0.3) is 5.91 Å². The zero-order valence-electron chi connectivity index (χ0n) is 15.7. The van der Waals surface area contributed by atoms with E-state index in [-0.39, 0.29) is 11.7 Å². The van der Waals surface area contributed by atoms with Crippen LogP contribution in [0.2, 0.25) is 0 Å². The highest BCUT2D eigenvalue weighted by atomic mass is 16.2. The third kappa shape index (κ3) is 3.78. The molecule has 4 rings (SSSR count). The molecule has 0 saturated heterocycles. The van der Waals surface area contributed by atoms with E-state index in [9.17, 15) is 9.59 Å². The van der Waals surface area contributed by atoms with Gasteiger partial charge in [-0.3, -0.25) is 14.6 Å². The van der Waals surface area contributed by atoms with Gasteiger partial charge in [-0.1, -0.05) is 24.3 Å². The summed E-state index contributed by atoms with van der Waals surface area (Å²) in [5.41, 5.74) is 5.31. The lowest BCUT2D eigenvalue weighted by Crippen LogP contribution is -2.36. The molecule has 1 aliphatic heterocycles. The van der Waals surface area contributed by atoms with E-state index in [1.54, 1.807) is 31.5 Å². The van der Waals surface area contributed by atoms with Crippen LogP contribution in [0.5, 0.6) is 0 Å². The minimum absolute atomic E-state index is 0.0161. The van der Waals surface area contributed by atoms with Gasteiger partial charge in [0, 0.05) is 30.5 Å². The molecule has 28 heavy (non-hydrogen) atoms. The minimum Gasteiger partial charge on any atom is -0.354 e. The van der Waals surface area contributed by atoms with Crippen LogP contribution in [0, 0.1) is 0 Å². The second kappa shape index (κ2) is 7.64. The molecule has 0 aliphatic carbocycles. The smallest absolute Gasteiger partial charge is 0.255 e. The first-order valence-corrected chi connectivity index (χ1v) is 9.29. The van der Waals surface area contributed by atoms with Crippen LogP contribution in [0.3, 0.4) is 0 Å². The van der Waals surface area contributed by atoms with Crippen LogP contribution in [0.4, 0.5) is 11.4 Å². The summed E-state index contributed by atoms with van der Waals surface area (Å²) in [4.78, 5) is 30.4. The number of Topliss-reactive ketones (excluding diaryl/α,β-unsaturated/α-hetero) is 1. The topological polar surface area (TPSA) is 62.3 Å². The molecule has 0 bridgehead atoms. The zero-order valence-corrected chi connectivity index (χ0v) is 15.7. The first-order chi connectivity index (χ1) is 13.6. The highest BCUT2D eigenvalue weighted by Crippen LogP contribution is 2.22. The molecule has 0 unspecified atom stereocenters. The van der Waals surface area contributed by atoms with Gasteiger partial charge in [0.1, 0.15) is 0 Å². The highest BCUT2D eigenvalue weighted by molar-refractivity contribution is 5.95. The van der Waals surface area contributed by atoms with Crippen molar-refractivity contribution in [3.63, 3.8) is 0 Å². The summed E-state index contributed by atoms with van der Waals surface area (Å²) < 4.78 is 0. The van der Waals surface area contributed by atoms with Crippen LogP contribution in [-0.2, 0) is 13.0 Å². The largest absolute Gasteiger partial charge is 0.354 e. The zero-order chi connectivity index (χ0) is 19.5. The lowest BCUT2D eigenvalue weighted by molar-refractivity contribution is 0.0734. The van der Waals surface area contributed by atoms with E-state index in [4.69, 9.17) is 0 Å². The van der Waals surface area contributed by atoms with E-state index >= 15 is 0 Å². The predicted molar refractivity (Wildman–Crippen MR) is 109 cm³/mol. The molecule has 0 atom stereocenters. The van der Waals surface area contributed by atoms with E-state index < -0.39 is 0 Å². The molecular formula is C23H21N3O2. The maximum atomic E-state index is 13.0. The van der Waals surface area contributed by atoms with Crippen molar-refractivity contribution in [2.75, 3.05) is 11.9 Å². The van der Waals surface area contributed by atoms with E-state index in [0.717, 1.165) is 17.8 Å². The SMILES string of the molecule is CC(=O)c1ccc(Nc2cncc(C(=O)N3CCc4ccccc4C3)c2)cc1. The van der Waals surface area contributed by atoms with Crippen LogP contribution < -0.4 is 5.32 Å². The number of carbonyl (C=O) groups excluding carboxylic acids is 2. The predicted octanol–water partition coefficient (Wildman–Crippen LogP) is 4.23. The summed E-state index contributed by atoms with van der Waals surface area (Å²) in [5, 5.41) is 3.24. The molecule has 0 spiro atoms. The fourth-order valence-corrected chi connectivity index (χ4v) is 3.43. The monoisotopic (exact) mass is 371 g/mol. The molecule has 0 radical (unpaired) electrons. The molecule has 5 nitrogen and oxygen atoms in total. The van der Waals surface area contributed by atoms with Gasteiger partial charge in [0.15, 0.2) is 5.78 Å². The van der Waals surface area contributed by atoms with Crippen molar-refractivity contribution in [1.82, 2.24) is 9.88 Å². The Hall–Kier alpha value is -3.47. The Kier molecular flexibility index (Phi) is 4.89. The number of aromatic nitrogens is 1. The Labute approximate surface area is 164 Å². The van der Waals surface area contributed by atoms with Gasteiger partial charge in [0.2, 0.25) is 0 Å². The van der Waals surface area contributed by atoms with Gasteiger partial charge in [-0.15, -0.1) is 0 Å². The number of nitrogens with one attached hydrogen (secondary N) is 1. The Morgan fingerprint density at radius 2 is 1.68 bits per heavy atom. The van der Waals surface area contributed by atoms with E-state index in [0.29, 0.717) is 24.2 Å². The normalized spacial score (nSPS) is 13.0.